The molecule has 1 fully saturated rings. The molecule has 0 bridgehead atoms. The lowest BCUT2D eigenvalue weighted by molar-refractivity contribution is 0.193. The molecule has 4 rings (SSSR count). The third-order valence-corrected chi connectivity index (χ3v) is 4.49. The summed E-state index contributed by atoms with van der Waals surface area (Å²) in [5.41, 5.74) is 6.98. The maximum Gasteiger partial charge on any atom is 0.234 e. The number of aromatic nitrogens is 4. The summed E-state index contributed by atoms with van der Waals surface area (Å²) in [6.45, 7) is 1.36. The molecule has 1 aliphatic rings. The Morgan fingerprint density at radius 2 is 2.29 bits per heavy atom. The SMILES string of the molecule is Nc1ccc(F)cc1-c1nn2c(C3CCOC3)nnc2s1. The maximum absolute atomic E-state index is 13.4. The topological polar surface area (TPSA) is 78.3 Å². The standard InChI is InChI=1S/C13H12FN5OS/c14-8-1-2-10(15)9(5-8)12-18-19-11(7-3-4-20-6-7)16-17-13(19)21-12/h1-2,5,7H,3-4,6,15H2. The molecule has 0 aliphatic carbocycles. The molecule has 21 heavy (non-hydrogen) atoms. The van der Waals surface area contributed by atoms with E-state index in [1.165, 1.54) is 23.5 Å². The summed E-state index contributed by atoms with van der Waals surface area (Å²) in [4.78, 5) is 0.676. The number of rotatable bonds is 2. The van der Waals surface area contributed by atoms with Gasteiger partial charge in [0.2, 0.25) is 4.96 Å². The number of hydrogen-bond donors (Lipinski definition) is 1. The Balaban J connectivity index is 1.82. The average molecular weight is 305 g/mol. The zero-order chi connectivity index (χ0) is 14.4. The fourth-order valence-corrected chi connectivity index (χ4v) is 3.33. The Bertz CT molecular complexity index is 808. The third-order valence-electron chi connectivity index (χ3n) is 3.56. The lowest BCUT2D eigenvalue weighted by atomic mass is 10.1. The number of nitrogens with zero attached hydrogens (tertiary/aromatic N) is 4. The maximum atomic E-state index is 13.4. The van der Waals surface area contributed by atoms with Gasteiger partial charge in [-0.1, -0.05) is 11.3 Å². The third kappa shape index (κ3) is 2.07. The summed E-state index contributed by atoms with van der Waals surface area (Å²) in [6, 6.07) is 4.26. The predicted octanol–water partition coefficient (Wildman–Crippen LogP) is 2.08. The Morgan fingerprint density at radius 1 is 1.38 bits per heavy atom. The highest BCUT2D eigenvalue weighted by Gasteiger charge is 2.25. The van der Waals surface area contributed by atoms with E-state index >= 15 is 0 Å². The summed E-state index contributed by atoms with van der Waals surface area (Å²) in [7, 11) is 0. The Morgan fingerprint density at radius 3 is 3.10 bits per heavy atom. The van der Waals surface area contributed by atoms with Crippen molar-refractivity contribution in [1.82, 2.24) is 19.8 Å². The van der Waals surface area contributed by atoms with Crippen molar-refractivity contribution in [2.24, 2.45) is 0 Å². The van der Waals surface area contributed by atoms with Crippen molar-refractivity contribution in [3.63, 3.8) is 0 Å². The van der Waals surface area contributed by atoms with Crippen LogP contribution in [-0.4, -0.2) is 33.0 Å². The number of nitrogen functional groups attached to an aromatic ring is 1. The van der Waals surface area contributed by atoms with E-state index in [1.807, 2.05) is 0 Å². The van der Waals surface area contributed by atoms with Crippen LogP contribution in [0.4, 0.5) is 10.1 Å². The van der Waals surface area contributed by atoms with Gasteiger partial charge in [-0.25, -0.2) is 4.39 Å². The summed E-state index contributed by atoms with van der Waals surface area (Å²) < 4.78 is 20.5. The number of benzene rings is 1. The molecule has 2 N–H and O–H groups in total. The number of nitrogens with two attached hydrogens (primary N) is 1. The van der Waals surface area contributed by atoms with Crippen LogP contribution in [0.25, 0.3) is 15.5 Å². The monoisotopic (exact) mass is 305 g/mol. The highest BCUT2D eigenvalue weighted by molar-refractivity contribution is 7.19. The summed E-state index contributed by atoms with van der Waals surface area (Å²) in [5.74, 6) is 0.661. The number of hydrogen-bond acceptors (Lipinski definition) is 6. The molecule has 0 saturated carbocycles. The molecular formula is C13H12FN5OS. The van der Waals surface area contributed by atoms with Gasteiger partial charge in [0.15, 0.2) is 5.82 Å². The van der Waals surface area contributed by atoms with Crippen LogP contribution in [-0.2, 0) is 4.74 Å². The van der Waals surface area contributed by atoms with E-state index in [-0.39, 0.29) is 11.7 Å². The van der Waals surface area contributed by atoms with Crippen LogP contribution in [0, 0.1) is 5.82 Å². The molecule has 0 amide bonds. The van der Waals surface area contributed by atoms with E-state index < -0.39 is 0 Å². The van der Waals surface area contributed by atoms with Gasteiger partial charge in [0.25, 0.3) is 0 Å². The molecule has 8 heteroatoms. The smallest absolute Gasteiger partial charge is 0.234 e. The van der Waals surface area contributed by atoms with E-state index in [4.69, 9.17) is 10.5 Å². The van der Waals surface area contributed by atoms with Crippen LogP contribution >= 0.6 is 11.3 Å². The molecule has 1 aromatic carbocycles. The molecule has 6 nitrogen and oxygen atoms in total. The molecule has 108 valence electrons. The molecule has 1 unspecified atom stereocenters. The number of fused-ring (bicyclic) bond motifs is 1. The van der Waals surface area contributed by atoms with Crippen molar-refractivity contribution in [2.75, 3.05) is 18.9 Å². The molecule has 1 atom stereocenters. The summed E-state index contributed by atoms with van der Waals surface area (Å²) >= 11 is 1.34. The first-order valence-electron chi connectivity index (χ1n) is 6.57. The summed E-state index contributed by atoms with van der Waals surface area (Å²) in [5, 5.41) is 13.5. The molecule has 2 aromatic heterocycles. The van der Waals surface area contributed by atoms with Gasteiger partial charge in [0.1, 0.15) is 10.8 Å². The van der Waals surface area contributed by atoms with Crippen LogP contribution in [0.1, 0.15) is 18.2 Å². The van der Waals surface area contributed by atoms with E-state index in [1.54, 1.807) is 10.6 Å². The molecule has 1 saturated heterocycles. The second kappa shape index (κ2) is 4.74. The van der Waals surface area contributed by atoms with E-state index in [0.717, 1.165) is 18.9 Å². The Hall–Kier alpha value is -2.06. The van der Waals surface area contributed by atoms with Gasteiger partial charge >= 0.3 is 0 Å². The van der Waals surface area contributed by atoms with Gasteiger partial charge in [-0.05, 0) is 24.6 Å². The molecular weight excluding hydrogens is 293 g/mol. The highest BCUT2D eigenvalue weighted by Crippen LogP contribution is 2.32. The Labute approximate surface area is 123 Å². The van der Waals surface area contributed by atoms with Crippen LogP contribution in [0.2, 0.25) is 0 Å². The number of anilines is 1. The minimum Gasteiger partial charge on any atom is -0.398 e. The van der Waals surface area contributed by atoms with E-state index in [9.17, 15) is 4.39 Å². The quantitative estimate of drug-likeness (QED) is 0.733. The normalized spacial score (nSPS) is 18.6. The zero-order valence-corrected chi connectivity index (χ0v) is 11.8. The Kier molecular flexibility index (Phi) is 2.86. The zero-order valence-electron chi connectivity index (χ0n) is 11.0. The van der Waals surface area contributed by atoms with Crippen LogP contribution < -0.4 is 5.73 Å². The molecule has 0 spiro atoms. The van der Waals surface area contributed by atoms with Crippen molar-refractivity contribution < 1.29 is 9.13 Å². The minimum absolute atomic E-state index is 0.208. The average Bonchev–Trinajstić information content (AvgIpc) is 3.15. The van der Waals surface area contributed by atoms with Crippen molar-refractivity contribution in [3.8, 4) is 10.6 Å². The fraction of sp³-hybridized carbons (Fsp3) is 0.308. The lowest BCUT2D eigenvalue weighted by Gasteiger charge is -2.03. The van der Waals surface area contributed by atoms with E-state index in [0.29, 0.717) is 27.8 Å². The van der Waals surface area contributed by atoms with Gasteiger partial charge in [-0.3, -0.25) is 0 Å². The first kappa shape index (κ1) is 12.7. The second-order valence-electron chi connectivity index (χ2n) is 4.95. The summed E-state index contributed by atoms with van der Waals surface area (Å²) in [6.07, 6.45) is 0.912. The van der Waals surface area contributed by atoms with Gasteiger partial charge in [-0.15, -0.1) is 10.2 Å². The first-order chi connectivity index (χ1) is 10.2. The largest absolute Gasteiger partial charge is 0.398 e. The van der Waals surface area contributed by atoms with Crippen molar-refractivity contribution >= 4 is 22.0 Å². The van der Waals surface area contributed by atoms with Gasteiger partial charge < -0.3 is 10.5 Å². The molecule has 0 radical (unpaired) electrons. The predicted molar refractivity (Wildman–Crippen MR) is 76.6 cm³/mol. The van der Waals surface area contributed by atoms with Crippen LogP contribution in [0.3, 0.4) is 0 Å². The van der Waals surface area contributed by atoms with E-state index in [2.05, 4.69) is 15.3 Å². The second-order valence-corrected chi connectivity index (χ2v) is 5.91. The van der Waals surface area contributed by atoms with Crippen molar-refractivity contribution in [3.05, 3.63) is 29.8 Å². The van der Waals surface area contributed by atoms with Crippen molar-refractivity contribution in [1.29, 1.82) is 0 Å². The van der Waals surface area contributed by atoms with Crippen LogP contribution in [0.5, 0.6) is 0 Å². The fourth-order valence-electron chi connectivity index (χ4n) is 2.45. The van der Waals surface area contributed by atoms with Crippen LogP contribution in [0.15, 0.2) is 18.2 Å². The number of halogens is 1. The lowest BCUT2D eigenvalue weighted by Crippen LogP contribution is -2.04. The highest BCUT2D eigenvalue weighted by atomic mass is 32.1. The van der Waals surface area contributed by atoms with Crippen molar-refractivity contribution in [2.45, 2.75) is 12.3 Å². The molecule has 1 aliphatic heterocycles. The van der Waals surface area contributed by atoms with Gasteiger partial charge in [-0.2, -0.15) is 9.61 Å². The van der Waals surface area contributed by atoms with Gasteiger partial charge in [0.05, 0.1) is 6.61 Å². The molecule has 3 aromatic rings. The number of ether oxygens (including phenoxy) is 1. The minimum atomic E-state index is -0.338. The van der Waals surface area contributed by atoms with Gasteiger partial charge in [0, 0.05) is 23.8 Å². The first-order valence-corrected chi connectivity index (χ1v) is 7.39. The molecule has 3 heterocycles.